The van der Waals surface area contributed by atoms with Crippen LogP contribution >= 0.6 is 0 Å². The summed E-state index contributed by atoms with van der Waals surface area (Å²) in [5, 5.41) is 8.79. The SMILES string of the molecule is CC1(C)OB(c2ccc(N)cc2/C=C/C(=O)O)OC1(C)C. The van der Waals surface area contributed by atoms with Crippen LogP contribution in [0.3, 0.4) is 0 Å². The first-order valence-corrected chi connectivity index (χ1v) is 6.78. The lowest BCUT2D eigenvalue weighted by Gasteiger charge is -2.32. The van der Waals surface area contributed by atoms with E-state index in [0.29, 0.717) is 11.3 Å². The predicted octanol–water partition coefficient (Wildman–Crippen LogP) is 1.67. The summed E-state index contributed by atoms with van der Waals surface area (Å²) >= 11 is 0. The van der Waals surface area contributed by atoms with Gasteiger partial charge in [0.05, 0.1) is 11.2 Å². The summed E-state index contributed by atoms with van der Waals surface area (Å²) in [6.07, 6.45) is 2.57. The third-order valence-corrected chi connectivity index (χ3v) is 4.02. The summed E-state index contributed by atoms with van der Waals surface area (Å²) in [4.78, 5) is 10.7. The van der Waals surface area contributed by atoms with Crippen molar-refractivity contribution in [2.75, 3.05) is 5.73 Å². The molecule has 0 aromatic heterocycles. The number of hydrogen-bond donors (Lipinski definition) is 2. The highest BCUT2D eigenvalue weighted by Gasteiger charge is 2.52. The van der Waals surface area contributed by atoms with Gasteiger partial charge in [0.15, 0.2) is 0 Å². The zero-order chi connectivity index (χ0) is 15.8. The maximum Gasteiger partial charge on any atom is 0.495 e. The molecule has 2 rings (SSSR count). The van der Waals surface area contributed by atoms with E-state index in [-0.39, 0.29) is 0 Å². The molecule has 1 aliphatic rings. The molecule has 112 valence electrons. The molecule has 1 saturated heterocycles. The fourth-order valence-corrected chi connectivity index (χ4v) is 2.08. The average Bonchev–Trinajstić information content (AvgIpc) is 2.55. The van der Waals surface area contributed by atoms with Crippen molar-refractivity contribution in [1.82, 2.24) is 0 Å². The largest absolute Gasteiger partial charge is 0.495 e. The summed E-state index contributed by atoms with van der Waals surface area (Å²) in [7, 11) is -0.552. The molecule has 0 radical (unpaired) electrons. The van der Waals surface area contributed by atoms with Crippen LogP contribution in [0.2, 0.25) is 0 Å². The lowest BCUT2D eigenvalue weighted by atomic mass is 9.75. The van der Waals surface area contributed by atoms with Crippen LogP contribution in [-0.4, -0.2) is 29.4 Å². The monoisotopic (exact) mass is 289 g/mol. The molecule has 0 aliphatic carbocycles. The topological polar surface area (TPSA) is 81.8 Å². The first-order chi connectivity index (χ1) is 9.62. The zero-order valence-corrected chi connectivity index (χ0v) is 12.7. The highest BCUT2D eigenvalue weighted by molar-refractivity contribution is 6.63. The smallest absolute Gasteiger partial charge is 0.478 e. The second-order valence-electron chi connectivity index (χ2n) is 6.15. The van der Waals surface area contributed by atoms with E-state index < -0.39 is 24.3 Å². The standard InChI is InChI=1S/C15H20BNO4/c1-14(2)15(3,4)21-16(20-14)12-7-6-11(17)9-10(12)5-8-13(18)19/h5-9H,17H2,1-4H3,(H,18,19)/b8-5+. The van der Waals surface area contributed by atoms with Gasteiger partial charge in [-0.05, 0) is 56.9 Å². The van der Waals surface area contributed by atoms with E-state index >= 15 is 0 Å². The zero-order valence-electron chi connectivity index (χ0n) is 12.7. The van der Waals surface area contributed by atoms with Gasteiger partial charge in [-0.15, -0.1) is 0 Å². The number of carboxylic acids is 1. The highest BCUT2D eigenvalue weighted by Crippen LogP contribution is 2.36. The third-order valence-electron chi connectivity index (χ3n) is 4.02. The van der Waals surface area contributed by atoms with Crippen molar-refractivity contribution in [2.24, 2.45) is 0 Å². The number of nitrogen functional groups attached to an aromatic ring is 1. The summed E-state index contributed by atoms with van der Waals surface area (Å²) in [6, 6.07) is 5.26. The van der Waals surface area contributed by atoms with Crippen LogP contribution in [-0.2, 0) is 14.1 Å². The third kappa shape index (κ3) is 3.11. The number of carboxylic acid groups (broad SMARTS) is 1. The van der Waals surface area contributed by atoms with Crippen molar-refractivity contribution in [3.05, 3.63) is 29.8 Å². The van der Waals surface area contributed by atoms with Gasteiger partial charge in [0.1, 0.15) is 0 Å². The Labute approximate surface area is 124 Å². The molecule has 0 amide bonds. The van der Waals surface area contributed by atoms with Crippen LogP contribution in [0.1, 0.15) is 33.3 Å². The van der Waals surface area contributed by atoms with Gasteiger partial charge in [-0.2, -0.15) is 0 Å². The van der Waals surface area contributed by atoms with Gasteiger partial charge in [0.2, 0.25) is 0 Å². The number of rotatable bonds is 3. The molecule has 0 bridgehead atoms. The van der Waals surface area contributed by atoms with Crippen LogP contribution in [0.5, 0.6) is 0 Å². The van der Waals surface area contributed by atoms with Crippen molar-refractivity contribution < 1.29 is 19.2 Å². The minimum absolute atomic E-state index is 0.452. The van der Waals surface area contributed by atoms with Crippen molar-refractivity contribution in [3.8, 4) is 0 Å². The Hall–Kier alpha value is -1.79. The molecule has 1 heterocycles. The summed E-state index contributed by atoms with van der Waals surface area (Å²) < 4.78 is 12.0. The van der Waals surface area contributed by atoms with Crippen LogP contribution in [0, 0.1) is 0 Å². The van der Waals surface area contributed by atoms with Crippen molar-refractivity contribution in [2.45, 2.75) is 38.9 Å². The molecule has 1 aliphatic heterocycles. The number of nitrogens with two attached hydrogens (primary N) is 1. The lowest BCUT2D eigenvalue weighted by Crippen LogP contribution is -2.41. The fourth-order valence-electron chi connectivity index (χ4n) is 2.08. The van der Waals surface area contributed by atoms with E-state index in [2.05, 4.69) is 0 Å². The summed E-state index contributed by atoms with van der Waals surface area (Å²) in [5.74, 6) is -1.02. The van der Waals surface area contributed by atoms with Crippen LogP contribution in [0.25, 0.3) is 6.08 Å². The van der Waals surface area contributed by atoms with E-state index in [0.717, 1.165) is 11.5 Å². The minimum Gasteiger partial charge on any atom is -0.478 e. The number of aliphatic carboxylic acids is 1. The van der Waals surface area contributed by atoms with Crippen molar-refractivity contribution >= 4 is 30.3 Å². The molecule has 1 fully saturated rings. The van der Waals surface area contributed by atoms with Gasteiger partial charge in [-0.3, -0.25) is 0 Å². The van der Waals surface area contributed by atoms with Crippen molar-refractivity contribution in [3.63, 3.8) is 0 Å². The Balaban J connectivity index is 2.39. The molecule has 0 saturated carbocycles. The van der Waals surface area contributed by atoms with E-state index in [4.69, 9.17) is 20.1 Å². The second-order valence-corrected chi connectivity index (χ2v) is 6.15. The maximum absolute atomic E-state index is 10.7. The van der Waals surface area contributed by atoms with Crippen LogP contribution in [0.4, 0.5) is 5.69 Å². The summed E-state index contributed by atoms with van der Waals surface area (Å²) in [6.45, 7) is 7.88. The average molecular weight is 289 g/mol. The molecule has 0 unspecified atom stereocenters. The molecule has 0 spiro atoms. The van der Waals surface area contributed by atoms with Crippen LogP contribution < -0.4 is 11.2 Å². The first-order valence-electron chi connectivity index (χ1n) is 6.78. The molecule has 1 aromatic rings. The highest BCUT2D eigenvalue weighted by atomic mass is 16.7. The Bertz CT molecular complexity index is 579. The fraction of sp³-hybridized carbons (Fsp3) is 0.400. The first kappa shape index (κ1) is 15.6. The maximum atomic E-state index is 10.7. The van der Waals surface area contributed by atoms with Crippen LogP contribution in [0.15, 0.2) is 24.3 Å². The van der Waals surface area contributed by atoms with Gasteiger partial charge in [0, 0.05) is 11.8 Å². The molecule has 21 heavy (non-hydrogen) atoms. The minimum atomic E-state index is -1.02. The molecule has 5 nitrogen and oxygen atoms in total. The van der Waals surface area contributed by atoms with Gasteiger partial charge in [-0.25, -0.2) is 4.79 Å². The lowest BCUT2D eigenvalue weighted by molar-refractivity contribution is -0.131. The number of hydrogen-bond acceptors (Lipinski definition) is 4. The van der Waals surface area contributed by atoms with E-state index in [1.165, 1.54) is 6.08 Å². The van der Waals surface area contributed by atoms with Gasteiger partial charge in [0.25, 0.3) is 0 Å². The van der Waals surface area contributed by atoms with Gasteiger partial charge in [-0.1, -0.05) is 6.07 Å². The summed E-state index contributed by atoms with van der Waals surface area (Å²) in [5.41, 5.74) is 6.87. The van der Waals surface area contributed by atoms with E-state index in [9.17, 15) is 4.79 Å². The molecular weight excluding hydrogens is 269 g/mol. The predicted molar refractivity (Wildman–Crippen MR) is 83.2 cm³/mol. The second kappa shape index (κ2) is 5.20. The molecule has 6 heteroatoms. The Morgan fingerprint density at radius 2 is 1.81 bits per heavy atom. The van der Waals surface area contributed by atoms with Gasteiger partial charge >= 0.3 is 13.1 Å². The van der Waals surface area contributed by atoms with Gasteiger partial charge < -0.3 is 20.1 Å². The number of carbonyl (C=O) groups is 1. The Kier molecular flexibility index (Phi) is 3.86. The van der Waals surface area contributed by atoms with E-state index in [1.807, 2.05) is 27.7 Å². The molecule has 0 atom stereocenters. The Morgan fingerprint density at radius 1 is 1.24 bits per heavy atom. The quantitative estimate of drug-likeness (QED) is 0.502. The van der Waals surface area contributed by atoms with E-state index in [1.54, 1.807) is 18.2 Å². The number of benzene rings is 1. The molecule has 1 aromatic carbocycles. The molecular formula is C15H20BNO4. The molecule has 3 N–H and O–H groups in total. The number of anilines is 1. The Morgan fingerprint density at radius 3 is 2.33 bits per heavy atom. The normalized spacial score (nSPS) is 20.1. The van der Waals surface area contributed by atoms with Crippen molar-refractivity contribution in [1.29, 1.82) is 0 Å².